The maximum Gasteiger partial charge on any atom is 0.246 e. The van der Waals surface area contributed by atoms with Crippen molar-refractivity contribution in [2.24, 2.45) is 0 Å². The van der Waals surface area contributed by atoms with Gasteiger partial charge in [0.25, 0.3) is 0 Å². The van der Waals surface area contributed by atoms with Gasteiger partial charge < -0.3 is 15.5 Å². The van der Waals surface area contributed by atoms with Crippen molar-refractivity contribution in [3.8, 4) is 0 Å². The topological polar surface area (TPSA) is 44.4 Å². The molecule has 0 fully saturated rings. The van der Waals surface area contributed by atoms with E-state index < -0.39 is 0 Å². The summed E-state index contributed by atoms with van der Waals surface area (Å²) >= 11 is 3.44. The lowest BCUT2D eigenvalue weighted by Crippen LogP contribution is -2.41. The fraction of sp³-hybridized carbons (Fsp3) is 0.417. The van der Waals surface area contributed by atoms with E-state index in [1.807, 2.05) is 30.1 Å². The molecule has 17 heavy (non-hydrogen) atoms. The first-order chi connectivity index (χ1) is 8.22. The molecular weight excluding hydrogens is 282 g/mol. The van der Waals surface area contributed by atoms with Gasteiger partial charge in [0.05, 0.1) is 17.9 Å². The maximum atomic E-state index is 11.9. The summed E-state index contributed by atoms with van der Waals surface area (Å²) in [7, 11) is 1.92. The van der Waals surface area contributed by atoms with Crippen molar-refractivity contribution in [3.05, 3.63) is 22.7 Å². The van der Waals surface area contributed by atoms with Crippen LogP contribution in [0, 0.1) is 0 Å². The summed E-state index contributed by atoms with van der Waals surface area (Å²) in [6.45, 7) is 2.06. The van der Waals surface area contributed by atoms with Crippen LogP contribution in [0.2, 0.25) is 0 Å². The Morgan fingerprint density at radius 2 is 2.35 bits per heavy atom. The van der Waals surface area contributed by atoms with Crippen LogP contribution in [0.25, 0.3) is 0 Å². The Morgan fingerprint density at radius 1 is 1.53 bits per heavy atom. The van der Waals surface area contributed by atoms with Gasteiger partial charge in [-0.25, -0.2) is 0 Å². The zero-order valence-electron chi connectivity index (χ0n) is 9.79. The molecule has 0 bridgehead atoms. The average molecular weight is 298 g/mol. The minimum absolute atomic E-state index is 0.131. The molecule has 0 aromatic heterocycles. The molecule has 1 aromatic carbocycles. The van der Waals surface area contributed by atoms with Crippen molar-refractivity contribution < 1.29 is 4.79 Å². The summed E-state index contributed by atoms with van der Waals surface area (Å²) in [5.41, 5.74) is 1.99. The van der Waals surface area contributed by atoms with Gasteiger partial charge in [-0.05, 0) is 38.2 Å². The summed E-state index contributed by atoms with van der Waals surface area (Å²) in [6, 6.07) is 5.96. The fourth-order valence-electron chi connectivity index (χ4n) is 1.94. The number of halogens is 1. The van der Waals surface area contributed by atoms with E-state index in [-0.39, 0.29) is 5.91 Å². The summed E-state index contributed by atoms with van der Waals surface area (Å²) in [6.07, 6.45) is 0.953. The summed E-state index contributed by atoms with van der Waals surface area (Å²) in [5.74, 6) is 0.131. The third kappa shape index (κ3) is 2.79. The Kier molecular flexibility index (Phi) is 4.02. The average Bonchev–Trinajstić information content (AvgIpc) is 2.32. The Bertz CT molecular complexity index is 422. The molecular formula is C12H16BrN3O. The second-order valence-corrected chi connectivity index (χ2v) is 4.93. The molecule has 0 atom stereocenters. The van der Waals surface area contributed by atoms with Crippen molar-refractivity contribution in [1.82, 2.24) is 5.32 Å². The first-order valence-corrected chi connectivity index (χ1v) is 6.50. The van der Waals surface area contributed by atoms with Crippen LogP contribution >= 0.6 is 15.9 Å². The number of carbonyl (C=O) groups is 1. The van der Waals surface area contributed by atoms with Crippen LogP contribution in [-0.2, 0) is 4.79 Å². The standard InChI is InChI=1S/C12H16BrN3O/c1-14-5-2-6-16-11-7-9(13)3-4-10(11)15-8-12(16)17/h3-4,7,14-15H,2,5-6,8H2,1H3. The number of carbonyl (C=O) groups excluding carboxylic acids is 1. The van der Waals surface area contributed by atoms with Gasteiger partial charge in [0.2, 0.25) is 5.91 Å². The predicted molar refractivity (Wildman–Crippen MR) is 73.5 cm³/mol. The lowest BCUT2D eigenvalue weighted by Gasteiger charge is -2.30. The first kappa shape index (κ1) is 12.4. The number of nitrogens with zero attached hydrogens (tertiary/aromatic N) is 1. The molecule has 1 aliphatic heterocycles. The van der Waals surface area contributed by atoms with Crippen molar-refractivity contribution in [3.63, 3.8) is 0 Å². The molecule has 1 aromatic rings. The Morgan fingerprint density at radius 3 is 3.12 bits per heavy atom. The van der Waals surface area contributed by atoms with Crippen LogP contribution in [0.3, 0.4) is 0 Å². The van der Waals surface area contributed by atoms with Crippen LogP contribution in [0.1, 0.15) is 6.42 Å². The van der Waals surface area contributed by atoms with Crippen LogP contribution in [-0.4, -0.2) is 32.6 Å². The highest BCUT2D eigenvalue weighted by Crippen LogP contribution is 2.32. The number of benzene rings is 1. The molecule has 2 N–H and O–H groups in total. The number of fused-ring (bicyclic) bond motifs is 1. The minimum atomic E-state index is 0.131. The van der Waals surface area contributed by atoms with Gasteiger partial charge in [0.15, 0.2) is 0 Å². The predicted octanol–water partition coefficient (Wildman–Crippen LogP) is 1.82. The third-order valence-electron chi connectivity index (χ3n) is 2.79. The molecule has 0 saturated heterocycles. The van der Waals surface area contributed by atoms with Gasteiger partial charge >= 0.3 is 0 Å². The number of amides is 1. The summed E-state index contributed by atoms with van der Waals surface area (Å²) in [4.78, 5) is 13.7. The molecule has 5 heteroatoms. The van der Waals surface area contributed by atoms with Gasteiger partial charge in [-0.2, -0.15) is 0 Å². The van der Waals surface area contributed by atoms with E-state index in [0.717, 1.165) is 35.4 Å². The van der Waals surface area contributed by atoms with E-state index in [0.29, 0.717) is 6.54 Å². The zero-order valence-corrected chi connectivity index (χ0v) is 11.4. The lowest BCUT2D eigenvalue weighted by atomic mass is 10.2. The first-order valence-electron chi connectivity index (χ1n) is 5.71. The molecule has 0 unspecified atom stereocenters. The molecule has 92 valence electrons. The van der Waals surface area contributed by atoms with Gasteiger partial charge in [0, 0.05) is 11.0 Å². The number of hydrogen-bond acceptors (Lipinski definition) is 3. The van der Waals surface area contributed by atoms with Crippen LogP contribution in [0.4, 0.5) is 11.4 Å². The molecule has 2 rings (SSSR count). The van der Waals surface area contributed by atoms with E-state index in [2.05, 4.69) is 26.6 Å². The monoisotopic (exact) mass is 297 g/mol. The van der Waals surface area contributed by atoms with E-state index in [4.69, 9.17) is 0 Å². The maximum absolute atomic E-state index is 11.9. The summed E-state index contributed by atoms with van der Waals surface area (Å²) < 4.78 is 0.992. The van der Waals surface area contributed by atoms with Gasteiger partial charge in [-0.1, -0.05) is 15.9 Å². The Balaban J connectivity index is 2.20. The second-order valence-electron chi connectivity index (χ2n) is 4.02. The largest absolute Gasteiger partial charge is 0.374 e. The molecule has 0 radical (unpaired) electrons. The van der Waals surface area contributed by atoms with Crippen molar-refractivity contribution >= 4 is 33.2 Å². The highest BCUT2D eigenvalue weighted by molar-refractivity contribution is 9.10. The molecule has 0 spiro atoms. The Hall–Kier alpha value is -1.07. The highest BCUT2D eigenvalue weighted by Gasteiger charge is 2.23. The molecule has 1 aliphatic rings. The van der Waals surface area contributed by atoms with Gasteiger partial charge in [0.1, 0.15) is 0 Å². The third-order valence-corrected chi connectivity index (χ3v) is 3.28. The second kappa shape index (κ2) is 5.51. The number of hydrogen-bond donors (Lipinski definition) is 2. The smallest absolute Gasteiger partial charge is 0.246 e. The quantitative estimate of drug-likeness (QED) is 0.833. The normalized spacial score (nSPS) is 14.5. The van der Waals surface area contributed by atoms with Gasteiger partial charge in [-0.15, -0.1) is 0 Å². The summed E-state index contributed by atoms with van der Waals surface area (Å²) in [5, 5.41) is 6.23. The molecule has 0 aliphatic carbocycles. The fourth-order valence-corrected chi connectivity index (χ4v) is 2.29. The van der Waals surface area contributed by atoms with E-state index in [9.17, 15) is 4.79 Å². The number of rotatable bonds is 4. The van der Waals surface area contributed by atoms with Crippen LogP contribution < -0.4 is 15.5 Å². The van der Waals surface area contributed by atoms with E-state index in [1.54, 1.807) is 0 Å². The van der Waals surface area contributed by atoms with Crippen LogP contribution in [0.5, 0.6) is 0 Å². The minimum Gasteiger partial charge on any atom is -0.374 e. The van der Waals surface area contributed by atoms with Crippen molar-refractivity contribution in [2.45, 2.75) is 6.42 Å². The van der Waals surface area contributed by atoms with Gasteiger partial charge in [-0.3, -0.25) is 4.79 Å². The van der Waals surface area contributed by atoms with Crippen molar-refractivity contribution in [1.29, 1.82) is 0 Å². The molecule has 1 amide bonds. The molecule has 4 nitrogen and oxygen atoms in total. The number of anilines is 2. The van der Waals surface area contributed by atoms with Crippen LogP contribution in [0.15, 0.2) is 22.7 Å². The highest BCUT2D eigenvalue weighted by atomic mass is 79.9. The molecule has 1 heterocycles. The SMILES string of the molecule is CNCCCN1C(=O)CNc2ccc(Br)cc21. The lowest BCUT2D eigenvalue weighted by molar-refractivity contribution is -0.117. The van der Waals surface area contributed by atoms with E-state index >= 15 is 0 Å². The molecule has 0 saturated carbocycles. The van der Waals surface area contributed by atoms with Crippen molar-refractivity contribution in [2.75, 3.05) is 36.9 Å². The Labute approximate surface area is 110 Å². The number of nitrogens with one attached hydrogen (secondary N) is 2. The van der Waals surface area contributed by atoms with E-state index in [1.165, 1.54) is 0 Å². The zero-order chi connectivity index (χ0) is 12.3.